The molecule has 2 rings (SSSR count). The van der Waals surface area contributed by atoms with Gasteiger partial charge in [0, 0.05) is 30.1 Å². The standard InChI is InChI=1S/C18H24N2O5/c1-18(2)8-5-9-20(16(21)15(18)19-17(22)23)11-12-6-7-13(24-3)10-14(12)25-4/h5-8,10,15,19H,9,11H2,1-4H3,(H,22,23). The quantitative estimate of drug-likeness (QED) is 0.797. The SMILES string of the molecule is COc1ccc(CN2CC=CC(C)(C)C(NC(=O)O)C2=O)c(OC)c1. The van der Waals surface area contributed by atoms with E-state index >= 15 is 0 Å². The van der Waals surface area contributed by atoms with Crippen molar-refractivity contribution in [3.05, 3.63) is 35.9 Å². The minimum Gasteiger partial charge on any atom is -0.497 e. The van der Waals surface area contributed by atoms with E-state index in [0.717, 1.165) is 5.56 Å². The maximum absolute atomic E-state index is 12.9. The normalized spacial score (nSPS) is 19.3. The molecule has 1 aromatic carbocycles. The topological polar surface area (TPSA) is 88.1 Å². The summed E-state index contributed by atoms with van der Waals surface area (Å²) in [6, 6.07) is 4.54. The van der Waals surface area contributed by atoms with Crippen LogP contribution in [-0.4, -0.2) is 48.8 Å². The molecule has 0 radical (unpaired) electrons. The van der Waals surface area contributed by atoms with Gasteiger partial charge >= 0.3 is 6.09 Å². The van der Waals surface area contributed by atoms with Gasteiger partial charge in [-0.2, -0.15) is 0 Å². The van der Waals surface area contributed by atoms with Gasteiger partial charge in [-0.1, -0.05) is 26.0 Å². The van der Waals surface area contributed by atoms with Crippen LogP contribution in [0.1, 0.15) is 19.4 Å². The van der Waals surface area contributed by atoms with E-state index < -0.39 is 17.6 Å². The molecule has 1 unspecified atom stereocenters. The molecular formula is C18H24N2O5. The number of methoxy groups -OCH3 is 2. The minimum absolute atomic E-state index is 0.268. The zero-order valence-electron chi connectivity index (χ0n) is 14.9. The Kier molecular flexibility index (Phi) is 5.56. The number of carbonyl (C=O) groups is 2. The summed E-state index contributed by atoms with van der Waals surface area (Å²) in [6.07, 6.45) is 2.54. The Morgan fingerprint density at radius 1 is 1.36 bits per heavy atom. The van der Waals surface area contributed by atoms with E-state index in [2.05, 4.69) is 5.32 Å². The van der Waals surface area contributed by atoms with Crippen LogP contribution in [0.5, 0.6) is 11.5 Å². The van der Waals surface area contributed by atoms with Gasteiger partial charge < -0.3 is 24.8 Å². The van der Waals surface area contributed by atoms with Crippen molar-refractivity contribution in [1.82, 2.24) is 10.2 Å². The van der Waals surface area contributed by atoms with Gasteiger partial charge in [-0.15, -0.1) is 0 Å². The predicted octanol–water partition coefficient (Wildman–Crippen LogP) is 2.26. The van der Waals surface area contributed by atoms with E-state index in [9.17, 15) is 9.59 Å². The van der Waals surface area contributed by atoms with Crippen LogP contribution in [-0.2, 0) is 11.3 Å². The number of nitrogens with one attached hydrogen (secondary N) is 1. The number of carboxylic acid groups (broad SMARTS) is 1. The van der Waals surface area contributed by atoms with Crippen molar-refractivity contribution >= 4 is 12.0 Å². The zero-order chi connectivity index (χ0) is 18.6. The van der Waals surface area contributed by atoms with Gasteiger partial charge in [0.05, 0.1) is 14.2 Å². The molecule has 0 saturated carbocycles. The second-order valence-electron chi connectivity index (χ2n) is 6.50. The van der Waals surface area contributed by atoms with E-state index in [0.29, 0.717) is 24.6 Å². The van der Waals surface area contributed by atoms with Gasteiger partial charge in [0.25, 0.3) is 0 Å². The molecule has 2 amide bonds. The van der Waals surface area contributed by atoms with Gasteiger partial charge in [-0.05, 0) is 12.1 Å². The Morgan fingerprint density at radius 2 is 2.08 bits per heavy atom. The highest BCUT2D eigenvalue weighted by Crippen LogP contribution is 2.30. The summed E-state index contributed by atoms with van der Waals surface area (Å²) in [5.74, 6) is 1.01. The summed E-state index contributed by atoms with van der Waals surface area (Å²) >= 11 is 0. The number of rotatable bonds is 5. The molecule has 7 heteroatoms. The summed E-state index contributed by atoms with van der Waals surface area (Å²) in [6.45, 7) is 4.37. The van der Waals surface area contributed by atoms with Crippen LogP contribution in [0.4, 0.5) is 4.79 Å². The molecule has 0 saturated heterocycles. The van der Waals surface area contributed by atoms with Crippen LogP contribution in [0.2, 0.25) is 0 Å². The van der Waals surface area contributed by atoms with Crippen LogP contribution in [0.15, 0.2) is 30.4 Å². The fourth-order valence-corrected chi connectivity index (χ4v) is 2.87. The molecule has 0 fully saturated rings. The fraction of sp³-hybridized carbons (Fsp3) is 0.444. The lowest BCUT2D eigenvalue weighted by Gasteiger charge is -2.32. The Hall–Kier alpha value is -2.70. The number of hydrogen-bond donors (Lipinski definition) is 2. The lowest BCUT2D eigenvalue weighted by Crippen LogP contribution is -2.53. The van der Waals surface area contributed by atoms with E-state index in [1.165, 1.54) is 0 Å². The number of hydrogen-bond acceptors (Lipinski definition) is 4. The van der Waals surface area contributed by atoms with E-state index in [1.54, 1.807) is 31.3 Å². The third-order valence-corrected chi connectivity index (χ3v) is 4.30. The van der Waals surface area contributed by atoms with E-state index in [1.807, 2.05) is 32.1 Å². The third kappa shape index (κ3) is 4.23. The predicted molar refractivity (Wildman–Crippen MR) is 92.8 cm³/mol. The van der Waals surface area contributed by atoms with E-state index in [-0.39, 0.29) is 5.91 Å². The number of nitrogens with zero attached hydrogens (tertiary/aromatic N) is 1. The van der Waals surface area contributed by atoms with Gasteiger partial charge in [0.2, 0.25) is 5.91 Å². The maximum atomic E-state index is 12.9. The summed E-state index contributed by atoms with van der Waals surface area (Å²) in [7, 11) is 3.13. The smallest absolute Gasteiger partial charge is 0.405 e. The van der Waals surface area contributed by atoms with E-state index in [4.69, 9.17) is 14.6 Å². The number of carbonyl (C=O) groups excluding carboxylic acids is 1. The molecular weight excluding hydrogens is 324 g/mol. The van der Waals surface area contributed by atoms with Crippen molar-refractivity contribution in [2.75, 3.05) is 20.8 Å². The average molecular weight is 348 g/mol. The lowest BCUT2D eigenvalue weighted by atomic mass is 9.84. The average Bonchev–Trinajstić information content (AvgIpc) is 2.66. The van der Waals surface area contributed by atoms with Crippen molar-refractivity contribution in [3.63, 3.8) is 0 Å². The molecule has 0 spiro atoms. The van der Waals surface area contributed by atoms with Crippen molar-refractivity contribution in [1.29, 1.82) is 0 Å². The highest BCUT2D eigenvalue weighted by molar-refractivity contribution is 5.87. The zero-order valence-corrected chi connectivity index (χ0v) is 14.9. The van der Waals surface area contributed by atoms with Crippen molar-refractivity contribution < 1.29 is 24.2 Å². The molecule has 1 aromatic rings. The molecule has 0 bridgehead atoms. The van der Waals surface area contributed by atoms with Gasteiger partial charge in [0.15, 0.2) is 0 Å². The second kappa shape index (κ2) is 7.46. The molecule has 1 aliphatic heterocycles. The molecule has 0 aromatic heterocycles. The molecule has 1 heterocycles. The molecule has 25 heavy (non-hydrogen) atoms. The van der Waals surface area contributed by atoms with Crippen molar-refractivity contribution in [3.8, 4) is 11.5 Å². The molecule has 1 aliphatic rings. The Bertz CT molecular complexity index is 684. The summed E-state index contributed by atoms with van der Waals surface area (Å²) < 4.78 is 10.6. The Labute approximate surface area is 147 Å². The highest BCUT2D eigenvalue weighted by atomic mass is 16.5. The molecule has 2 N–H and O–H groups in total. The third-order valence-electron chi connectivity index (χ3n) is 4.30. The first-order chi connectivity index (χ1) is 11.8. The molecule has 0 aliphatic carbocycles. The van der Waals surface area contributed by atoms with Gasteiger partial charge in [-0.3, -0.25) is 4.79 Å². The first-order valence-corrected chi connectivity index (χ1v) is 7.95. The molecule has 7 nitrogen and oxygen atoms in total. The van der Waals surface area contributed by atoms with Crippen LogP contribution in [0, 0.1) is 5.41 Å². The number of benzene rings is 1. The maximum Gasteiger partial charge on any atom is 0.405 e. The van der Waals surface area contributed by atoms with Gasteiger partial charge in [-0.25, -0.2) is 4.79 Å². The molecule has 1 atom stereocenters. The highest BCUT2D eigenvalue weighted by Gasteiger charge is 2.38. The van der Waals surface area contributed by atoms with Crippen LogP contribution >= 0.6 is 0 Å². The second-order valence-corrected chi connectivity index (χ2v) is 6.50. The monoisotopic (exact) mass is 348 g/mol. The van der Waals surface area contributed by atoms with Crippen molar-refractivity contribution in [2.24, 2.45) is 5.41 Å². The number of ether oxygens (including phenoxy) is 2. The summed E-state index contributed by atoms with van der Waals surface area (Å²) in [4.78, 5) is 25.6. The Balaban J connectivity index is 2.29. The molecule has 136 valence electrons. The van der Waals surface area contributed by atoms with Crippen LogP contribution < -0.4 is 14.8 Å². The fourth-order valence-electron chi connectivity index (χ4n) is 2.87. The largest absolute Gasteiger partial charge is 0.497 e. The van der Waals surface area contributed by atoms with Crippen LogP contribution in [0.25, 0.3) is 0 Å². The lowest BCUT2D eigenvalue weighted by molar-refractivity contribution is -0.135. The first-order valence-electron chi connectivity index (χ1n) is 7.95. The summed E-state index contributed by atoms with van der Waals surface area (Å²) in [5.41, 5.74) is 0.202. The summed E-state index contributed by atoms with van der Waals surface area (Å²) in [5, 5.41) is 11.4. The van der Waals surface area contributed by atoms with Gasteiger partial charge in [0.1, 0.15) is 17.5 Å². The first kappa shape index (κ1) is 18.6. The Morgan fingerprint density at radius 3 is 2.68 bits per heavy atom. The van der Waals surface area contributed by atoms with Crippen molar-refractivity contribution in [2.45, 2.75) is 26.4 Å². The number of amides is 2. The minimum atomic E-state index is -1.22. The van der Waals surface area contributed by atoms with Crippen LogP contribution in [0.3, 0.4) is 0 Å².